The molecule has 2 atom stereocenters. The van der Waals surface area contributed by atoms with Crippen molar-refractivity contribution >= 4 is 28.1 Å². The Bertz CT molecular complexity index is 533. The van der Waals surface area contributed by atoms with Crippen molar-refractivity contribution in [3.05, 3.63) is 24.0 Å². The van der Waals surface area contributed by atoms with Crippen LogP contribution < -0.4 is 11.1 Å². The Morgan fingerprint density at radius 3 is 3.00 bits per heavy atom. The van der Waals surface area contributed by atoms with Crippen LogP contribution in [0.25, 0.3) is 0 Å². The molecule has 1 heterocycles. The molecule has 5 nitrogen and oxygen atoms in total. The Morgan fingerprint density at radius 1 is 1.52 bits per heavy atom. The standard InChI is InChI=1S/C14H19FN2O3S/c15-10-3-4-13(12(16)8-10)17-14(18)5-7-21(19)9-11-2-1-6-20-11/h3-4,8,11H,1-2,5-7,9,16H2,(H,17,18). The number of halogens is 1. The van der Waals surface area contributed by atoms with E-state index >= 15 is 0 Å². The fourth-order valence-electron chi connectivity index (χ4n) is 2.13. The molecule has 0 aliphatic carbocycles. The molecule has 1 fully saturated rings. The zero-order valence-electron chi connectivity index (χ0n) is 11.6. The van der Waals surface area contributed by atoms with E-state index in [1.807, 2.05) is 0 Å². The van der Waals surface area contributed by atoms with Gasteiger partial charge < -0.3 is 15.8 Å². The molecule has 0 spiro atoms. The number of nitrogens with two attached hydrogens (primary N) is 1. The predicted molar refractivity (Wildman–Crippen MR) is 80.9 cm³/mol. The van der Waals surface area contributed by atoms with Crippen LogP contribution in [-0.4, -0.2) is 34.3 Å². The van der Waals surface area contributed by atoms with Gasteiger partial charge in [-0.3, -0.25) is 9.00 Å². The van der Waals surface area contributed by atoms with Crippen molar-refractivity contribution in [1.82, 2.24) is 0 Å². The van der Waals surface area contributed by atoms with Gasteiger partial charge in [0.15, 0.2) is 0 Å². The molecule has 2 rings (SSSR count). The molecule has 0 saturated carbocycles. The molecule has 1 saturated heterocycles. The first-order valence-corrected chi connectivity index (χ1v) is 8.35. The number of ether oxygens (including phenoxy) is 1. The van der Waals surface area contributed by atoms with Gasteiger partial charge in [0.1, 0.15) is 5.82 Å². The average Bonchev–Trinajstić information content (AvgIpc) is 2.92. The van der Waals surface area contributed by atoms with Crippen LogP contribution in [0.5, 0.6) is 0 Å². The maximum absolute atomic E-state index is 12.9. The second-order valence-corrected chi connectivity index (χ2v) is 6.60. The lowest BCUT2D eigenvalue weighted by atomic mass is 10.2. The zero-order chi connectivity index (χ0) is 15.2. The van der Waals surface area contributed by atoms with Crippen LogP contribution in [0.3, 0.4) is 0 Å². The summed E-state index contributed by atoms with van der Waals surface area (Å²) in [7, 11) is -1.07. The molecular weight excluding hydrogens is 295 g/mol. The number of carbonyl (C=O) groups excluding carboxylic acids is 1. The molecule has 21 heavy (non-hydrogen) atoms. The number of nitrogen functional groups attached to an aromatic ring is 1. The van der Waals surface area contributed by atoms with E-state index in [1.165, 1.54) is 12.1 Å². The minimum Gasteiger partial charge on any atom is -0.397 e. The van der Waals surface area contributed by atoms with Crippen LogP contribution in [-0.2, 0) is 20.3 Å². The van der Waals surface area contributed by atoms with Crippen LogP contribution in [0.1, 0.15) is 19.3 Å². The van der Waals surface area contributed by atoms with E-state index in [-0.39, 0.29) is 29.9 Å². The van der Waals surface area contributed by atoms with Crippen LogP contribution in [0.2, 0.25) is 0 Å². The molecule has 7 heteroatoms. The number of nitrogens with one attached hydrogen (secondary N) is 1. The lowest BCUT2D eigenvalue weighted by Gasteiger charge is -2.10. The molecule has 0 aromatic heterocycles. The maximum Gasteiger partial charge on any atom is 0.225 e. The zero-order valence-corrected chi connectivity index (χ0v) is 12.5. The molecule has 1 aromatic rings. The summed E-state index contributed by atoms with van der Waals surface area (Å²) in [5, 5.41) is 2.59. The van der Waals surface area contributed by atoms with E-state index in [9.17, 15) is 13.4 Å². The van der Waals surface area contributed by atoms with E-state index < -0.39 is 16.6 Å². The smallest absolute Gasteiger partial charge is 0.225 e. The molecule has 1 aliphatic heterocycles. The summed E-state index contributed by atoms with van der Waals surface area (Å²) in [5.74, 6) is 0.0239. The number of anilines is 2. The normalized spacial score (nSPS) is 19.4. The van der Waals surface area contributed by atoms with Gasteiger partial charge in [-0.25, -0.2) is 4.39 Å². The molecule has 1 aromatic carbocycles. The highest BCUT2D eigenvalue weighted by Gasteiger charge is 2.18. The van der Waals surface area contributed by atoms with Crippen LogP contribution in [0.4, 0.5) is 15.8 Å². The van der Waals surface area contributed by atoms with E-state index in [0.29, 0.717) is 11.4 Å². The Hall–Kier alpha value is -1.47. The van der Waals surface area contributed by atoms with E-state index in [1.54, 1.807) is 0 Å². The first-order valence-electron chi connectivity index (χ1n) is 6.86. The summed E-state index contributed by atoms with van der Waals surface area (Å²) in [6, 6.07) is 3.78. The van der Waals surface area contributed by atoms with E-state index in [4.69, 9.17) is 10.5 Å². The summed E-state index contributed by atoms with van der Waals surface area (Å²) in [6.45, 7) is 0.728. The van der Waals surface area contributed by atoms with Crippen molar-refractivity contribution in [3.63, 3.8) is 0 Å². The molecule has 1 amide bonds. The molecule has 3 N–H and O–H groups in total. The summed E-state index contributed by atoms with van der Waals surface area (Å²) in [5.41, 5.74) is 6.14. The molecular formula is C14H19FN2O3S. The predicted octanol–water partition coefficient (Wildman–Crippen LogP) is 1.66. The monoisotopic (exact) mass is 314 g/mol. The van der Waals surface area contributed by atoms with Crippen molar-refractivity contribution in [1.29, 1.82) is 0 Å². The molecule has 116 valence electrons. The van der Waals surface area contributed by atoms with Crippen LogP contribution >= 0.6 is 0 Å². The highest BCUT2D eigenvalue weighted by molar-refractivity contribution is 7.85. The van der Waals surface area contributed by atoms with Crippen LogP contribution in [0.15, 0.2) is 18.2 Å². The highest BCUT2D eigenvalue weighted by atomic mass is 32.2. The minimum absolute atomic E-state index is 0.0571. The van der Waals surface area contributed by atoms with Gasteiger partial charge in [0, 0.05) is 35.3 Å². The van der Waals surface area contributed by atoms with Crippen molar-refractivity contribution in [2.24, 2.45) is 0 Å². The quantitative estimate of drug-likeness (QED) is 0.783. The number of hydrogen-bond acceptors (Lipinski definition) is 4. The summed E-state index contributed by atoms with van der Waals surface area (Å²) >= 11 is 0. The largest absolute Gasteiger partial charge is 0.397 e. The van der Waals surface area contributed by atoms with Gasteiger partial charge in [-0.05, 0) is 31.0 Å². The molecule has 2 unspecified atom stereocenters. The minimum atomic E-state index is -1.07. The first-order chi connectivity index (χ1) is 10.0. The molecule has 1 aliphatic rings. The van der Waals surface area contributed by atoms with Gasteiger partial charge in [0.05, 0.1) is 17.5 Å². The van der Waals surface area contributed by atoms with Gasteiger partial charge in [-0.2, -0.15) is 0 Å². The van der Waals surface area contributed by atoms with Crippen molar-refractivity contribution in [2.75, 3.05) is 29.2 Å². The van der Waals surface area contributed by atoms with Gasteiger partial charge >= 0.3 is 0 Å². The van der Waals surface area contributed by atoms with Crippen molar-refractivity contribution < 1.29 is 18.1 Å². The summed E-state index contributed by atoms with van der Waals surface area (Å²) < 4.78 is 30.1. The second kappa shape index (κ2) is 7.51. The Balaban J connectivity index is 1.75. The number of benzene rings is 1. The van der Waals surface area contributed by atoms with E-state index in [0.717, 1.165) is 25.5 Å². The van der Waals surface area contributed by atoms with Crippen molar-refractivity contribution in [2.45, 2.75) is 25.4 Å². The topological polar surface area (TPSA) is 81.4 Å². The fourth-order valence-corrected chi connectivity index (χ4v) is 3.39. The lowest BCUT2D eigenvalue weighted by Crippen LogP contribution is -2.21. The number of amides is 1. The second-order valence-electron chi connectivity index (χ2n) is 4.98. The first kappa shape index (κ1) is 15.9. The Labute approximate surface area is 125 Å². The molecule has 0 radical (unpaired) electrons. The van der Waals surface area contributed by atoms with Gasteiger partial charge in [-0.15, -0.1) is 0 Å². The third-order valence-corrected chi connectivity index (χ3v) is 4.64. The van der Waals surface area contributed by atoms with Gasteiger partial charge in [0.2, 0.25) is 5.91 Å². The third-order valence-electron chi connectivity index (χ3n) is 3.24. The van der Waals surface area contributed by atoms with E-state index in [2.05, 4.69) is 5.32 Å². The maximum atomic E-state index is 12.9. The Kier molecular flexibility index (Phi) is 5.69. The van der Waals surface area contributed by atoms with Gasteiger partial charge in [0.25, 0.3) is 0 Å². The number of hydrogen-bond donors (Lipinski definition) is 2. The fraction of sp³-hybridized carbons (Fsp3) is 0.500. The lowest BCUT2D eigenvalue weighted by molar-refractivity contribution is -0.115. The van der Waals surface area contributed by atoms with Crippen LogP contribution in [0, 0.1) is 5.82 Å². The Morgan fingerprint density at radius 2 is 2.33 bits per heavy atom. The SMILES string of the molecule is Nc1cc(F)ccc1NC(=O)CCS(=O)CC1CCCO1. The average molecular weight is 314 g/mol. The summed E-state index contributed by atoms with van der Waals surface area (Å²) in [6.07, 6.45) is 2.13. The van der Waals surface area contributed by atoms with Gasteiger partial charge in [-0.1, -0.05) is 0 Å². The number of carbonyl (C=O) groups is 1. The molecule has 0 bridgehead atoms. The summed E-state index contributed by atoms with van der Waals surface area (Å²) in [4.78, 5) is 11.8. The number of rotatable bonds is 6. The van der Waals surface area contributed by atoms with Crippen molar-refractivity contribution in [3.8, 4) is 0 Å². The highest BCUT2D eigenvalue weighted by Crippen LogP contribution is 2.19. The third kappa shape index (κ3) is 5.09.